The first-order valence-electron chi connectivity index (χ1n) is 7.51. The number of unbranched alkanes of at least 4 members (excludes halogenated alkanes) is 2. The number of carbonyl (C=O) groups is 3. The van der Waals surface area contributed by atoms with E-state index in [1.165, 1.54) is 7.11 Å². The average molecular weight is 297 g/mol. The molecule has 120 valence electrons. The molecular weight excluding hydrogens is 270 g/mol. The molecule has 0 aromatic carbocycles. The van der Waals surface area contributed by atoms with Crippen molar-refractivity contribution in [3.63, 3.8) is 0 Å². The predicted molar refractivity (Wildman–Crippen MR) is 81.7 cm³/mol. The minimum Gasteiger partial charge on any atom is -0.469 e. The van der Waals surface area contributed by atoms with Crippen LogP contribution < -0.4 is 5.32 Å². The fourth-order valence-corrected chi connectivity index (χ4v) is 1.79. The monoisotopic (exact) mass is 297 g/mol. The smallest absolute Gasteiger partial charge is 0.305 e. The van der Waals surface area contributed by atoms with E-state index >= 15 is 0 Å². The van der Waals surface area contributed by atoms with Gasteiger partial charge in [0.2, 0.25) is 5.91 Å². The Morgan fingerprint density at radius 2 is 1.86 bits per heavy atom. The van der Waals surface area contributed by atoms with Crippen LogP contribution in [0.2, 0.25) is 0 Å². The second-order valence-corrected chi connectivity index (χ2v) is 4.97. The van der Waals surface area contributed by atoms with Crippen molar-refractivity contribution in [3.05, 3.63) is 12.2 Å². The molecule has 0 aliphatic rings. The van der Waals surface area contributed by atoms with Crippen molar-refractivity contribution in [3.8, 4) is 0 Å². The molecule has 0 aromatic rings. The lowest BCUT2D eigenvalue weighted by Crippen LogP contribution is -2.34. The number of hydrogen-bond acceptors (Lipinski definition) is 4. The lowest BCUT2D eigenvalue weighted by Gasteiger charge is -2.11. The van der Waals surface area contributed by atoms with Gasteiger partial charge in [-0.1, -0.05) is 12.2 Å². The highest BCUT2D eigenvalue weighted by atomic mass is 16.5. The Labute approximate surface area is 127 Å². The third-order valence-electron chi connectivity index (χ3n) is 3.24. The van der Waals surface area contributed by atoms with E-state index in [-0.39, 0.29) is 24.1 Å². The number of rotatable bonds is 11. The van der Waals surface area contributed by atoms with Gasteiger partial charge in [0.05, 0.1) is 13.0 Å². The van der Waals surface area contributed by atoms with Crippen LogP contribution in [0.4, 0.5) is 0 Å². The first kappa shape index (κ1) is 19.4. The van der Waals surface area contributed by atoms with Crippen molar-refractivity contribution in [1.29, 1.82) is 0 Å². The van der Waals surface area contributed by atoms with Crippen LogP contribution in [-0.4, -0.2) is 31.3 Å². The van der Waals surface area contributed by atoms with Gasteiger partial charge in [-0.05, 0) is 39.5 Å². The van der Waals surface area contributed by atoms with E-state index in [1.807, 2.05) is 13.0 Å². The summed E-state index contributed by atoms with van der Waals surface area (Å²) in [6.07, 6.45) is 8.03. The molecule has 0 saturated carbocycles. The average Bonchev–Trinajstić information content (AvgIpc) is 2.49. The van der Waals surface area contributed by atoms with Crippen molar-refractivity contribution in [2.75, 3.05) is 13.7 Å². The number of methoxy groups -OCH3 is 1. The van der Waals surface area contributed by atoms with Crippen molar-refractivity contribution in [2.45, 2.75) is 52.4 Å². The SMILES string of the molecule is CC=CCCCCC(=O)[C@H](C)C(=O)NCCCC(=O)OC. The van der Waals surface area contributed by atoms with Gasteiger partial charge in [0, 0.05) is 19.4 Å². The predicted octanol–water partition coefficient (Wildman–Crippen LogP) is 2.40. The van der Waals surface area contributed by atoms with Gasteiger partial charge in [0.25, 0.3) is 0 Å². The molecule has 0 aliphatic heterocycles. The van der Waals surface area contributed by atoms with Crippen LogP contribution in [0, 0.1) is 5.92 Å². The zero-order chi connectivity index (χ0) is 16.1. The summed E-state index contributed by atoms with van der Waals surface area (Å²) in [5.41, 5.74) is 0. The topological polar surface area (TPSA) is 72.5 Å². The first-order chi connectivity index (χ1) is 10.0. The van der Waals surface area contributed by atoms with Crippen LogP contribution in [0.5, 0.6) is 0 Å². The van der Waals surface area contributed by atoms with Crippen LogP contribution in [0.3, 0.4) is 0 Å². The molecule has 5 nitrogen and oxygen atoms in total. The number of ether oxygens (including phenoxy) is 1. The highest BCUT2D eigenvalue weighted by Crippen LogP contribution is 2.07. The molecule has 0 fully saturated rings. The molecular formula is C16H27NO4. The minimum absolute atomic E-state index is 0.0269. The van der Waals surface area contributed by atoms with Gasteiger partial charge < -0.3 is 10.1 Å². The fraction of sp³-hybridized carbons (Fsp3) is 0.688. The van der Waals surface area contributed by atoms with Gasteiger partial charge in [-0.15, -0.1) is 0 Å². The van der Waals surface area contributed by atoms with Crippen molar-refractivity contribution < 1.29 is 19.1 Å². The number of ketones is 1. The summed E-state index contributed by atoms with van der Waals surface area (Å²) in [6.45, 7) is 3.98. The van der Waals surface area contributed by atoms with Gasteiger partial charge >= 0.3 is 5.97 Å². The minimum atomic E-state index is -0.621. The molecule has 0 spiro atoms. The first-order valence-corrected chi connectivity index (χ1v) is 7.51. The van der Waals surface area contributed by atoms with Crippen LogP contribution in [0.15, 0.2) is 12.2 Å². The lowest BCUT2D eigenvalue weighted by atomic mass is 10.00. The van der Waals surface area contributed by atoms with Crippen molar-refractivity contribution >= 4 is 17.7 Å². The van der Waals surface area contributed by atoms with Crippen LogP contribution >= 0.6 is 0 Å². The third kappa shape index (κ3) is 9.82. The molecule has 0 heterocycles. The molecule has 0 bridgehead atoms. The quantitative estimate of drug-likeness (QED) is 0.275. The summed E-state index contributed by atoms with van der Waals surface area (Å²) in [6, 6.07) is 0. The van der Waals surface area contributed by atoms with E-state index in [9.17, 15) is 14.4 Å². The highest BCUT2D eigenvalue weighted by molar-refractivity contribution is 6.00. The number of allylic oxidation sites excluding steroid dienone is 2. The third-order valence-corrected chi connectivity index (χ3v) is 3.24. The maximum absolute atomic E-state index is 11.9. The lowest BCUT2D eigenvalue weighted by molar-refractivity contribution is -0.141. The molecule has 0 unspecified atom stereocenters. The fourth-order valence-electron chi connectivity index (χ4n) is 1.79. The van der Waals surface area contributed by atoms with Gasteiger partial charge in [0.1, 0.15) is 5.78 Å². The van der Waals surface area contributed by atoms with Gasteiger partial charge in [-0.3, -0.25) is 14.4 Å². The summed E-state index contributed by atoms with van der Waals surface area (Å²) in [4.78, 5) is 34.5. The van der Waals surface area contributed by atoms with Crippen LogP contribution in [0.25, 0.3) is 0 Å². The summed E-state index contributed by atoms with van der Waals surface area (Å²) in [5, 5.41) is 2.67. The van der Waals surface area contributed by atoms with Crippen molar-refractivity contribution in [2.24, 2.45) is 5.92 Å². The normalized spacial score (nSPS) is 12.1. The molecule has 0 radical (unpaired) electrons. The number of hydrogen-bond donors (Lipinski definition) is 1. The molecule has 21 heavy (non-hydrogen) atoms. The molecule has 0 aromatic heterocycles. The maximum Gasteiger partial charge on any atom is 0.305 e. The summed E-state index contributed by atoms with van der Waals surface area (Å²) >= 11 is 0. The van der Waals surface area contributed by atoms with Crippen molar-refractivity contribution in [1.82, 2.24) is 5.32 Å². The second kappa shape index (κ2) is 12.1. The van der Waals surface area contributed by atoms with E-state index in [2.05, 4.69) is 16.1 Å². The van der Waals surface area contributed by atoms with E-state index in [4.69, 9.17) is 0 Å². The van der Waals surface area contributed by atoms with E-state index in [1.54, 1.807) is 6.92 Å². The van der Waals surface area contributed by atoms with E-state index in [0.29, 0.717) is 19.4 Å². The van der Waals surface area contributed by atoms with Gasteiger partial charge in [0.15, 0.2) is 0 Å². The van der Waals surface area contributed by atoms with E-state index in [0.717, 1.165) is 19.3 Å². The maximum atomic E-state index is 11.9. The number of Topliss-reactive ketones (excluding diaryl/α,β-unsaturated/α-hetero) is 1. The number of carbonyl (C=O) groups excluding carboxylic acids is 3. The summed E-state index contributed by atoms with van der Waals surface area (Å²) in [7, 11) is 1.33. The van der Waals surface area contributed by atoms with Gasteiger partial charge in [-0.25, -0.2) is 0 Å². The zero-order valence-corrected chi connectivity index (χ0v) is 13.3. The Bertz CT molecular complexity index is 363. The standard InChI is InChI=1S/C16H27NO4/c1-4-5-6-7-8-10-14(18)13(2)16(20)17-12-9-11-15(19)21-3/h4-5,13H,6-12H2,1-3H3,(H,17,20)/t13-/m0/s1. The Kier molecular flexibility index (Phi) is 11.2. The molecule has 0 aliphatic carbocycles. The molecule has 0 rings (SSSR count). The molecule has 0 saturated heterocycles. The Balaban J connectivity index is 3.81. The Hall–Kier alpha value is -1.65. The number of nitrogens with one attached hydrogen (secondary N) is 1. The summed E-state index contributed by atoms with van der Waals surface area (Å²) in [5.74, 6) is -1.21. The van der Waals surface area contributed by atoms with E-state index < -0.39 is 5.92 Å². The Morgan fingerprint density at radius 1 is 1.14 bits per heavy atom. The zero-order valence-electron chi connectivity index (χ0n) is 13.3. The van der Waals surface area contributed by atoms with Crippen LogP contribution in [0.1, 0.15) is 52.4 Å². The molecule has 1 atom stereocenters. The molecule has 1 amide bonds. The summed E-state index contributed by atoms with van der Waals surface area (Å²) < 4.78 is 4.50. The Morgan fingerprint density at radius 3 is 2.48 bits per heavy atom. The highest BCUT2D eigenvalue weighted by Gasteiger charge is 2.20. The second-order valence-electron chi connectivity index (χ2n) is 4.97. The van der Waals surface area contributed by atoms with Gasteiger partial charge in [-0.2, -0.15) is 0 Å². The number of esters is 1. The number of amides is 1. The largest absolute Gasteiger partial charge is 0.469 e. The molecule has 1 N–H and O–H groups in total. The van der Waals surface area contributed by atoms with Crippen LogP contribution in [-0.2, 0) is 19.1 Å². The molecule has 5 heteroatoms.